The van der Waals surface area contributed by atoms with Crippen LogP contribution in [-0.2, 0) is 0 Å². The van der Waals surface area contributed by atoms with Gasteiger partial charge in [0.1, 0.15) is 11.5 Å². The lowest BCUT2D eigenvalue weighted by molar-refractivity contribution is 0.409. The largest absolute Gasteiger partial charge is 0.506 e. The molecule has 0 aliphatic carbocycles. The summed E-state index contributed by atoms with van der Waals surface area (Å²) in [5.74, 6) is 0.953. The quantitative estimate of drug-likeness (QED) is 0.320. The molecule has 3 N–H and O–H groups in total. The highest BCUT2D eigenvalue weighted by molar-refractivity contribution is 5.86. The monoisotopic (exact) mass is 427 g/mol. The molecule has 0 amide bonds. The lowest BCUT2D eigenvalue weighted by Gasteiger charge is -2.29. The minimum atomic E-state index is 0.0599. The molecule has 0 atom stereocenters. The number of rotatable bonds is 5. The van der Waals surface area contributed by atoms with Crippen LogP contribution in [0.1, 0.15) is 16.7 Å². The number of nitrogens with zero attached hydrogens (tertiary/aromatic N) is 1. The van der Waals surface area contributed by atoms with E-state index in [1.54, 1.807) is 42.2 Å². The second-order valence-corrected chi connectivity index (χ2v) is 7.81. The third kappa shape index (κ3) is 4.05. The number of aryl methyl sites for hydroxylation is 3. The summed E-state index contributed by atoms with van der Waals surface area (Å²) in [7, 11) is 0. The molecule has 0 heterocycles. The number of phenolic OH excluding ortho intramolecular Hbond substituents is 3. The summed E-state index contributed by atoms with van der Waals surface area (Å²) in [4.78, 5) is 1.76. The van der Waals surface area contributed by atoms with Crippen molar-refractivity contribution in [2.75, 3.05) is 4.90 Å². The van der Waals surface area contributed by atoms with Crippen LogP contribution in [-0.4, -0.2) is 15.3 Å². The predicted octanol–water partition coefficient (Wildman–Crippen LogP) is 6.99. The summed E-state index contributed by atoms with van der Waals surface area (Å²) < 4.78 is 6.13. The summed E-state index contributed by atoms with van der Waals surface area (Å²) in [6.07, 6.45) is 0. The molecule has 0 saturated carbocycles. The van der Waals surface area contributed by atoms with E-state index in [-0.39, 0.29) is 17.2 Å². The molecule has 162 valence electrons. The Hall–Kier alpha value is -4.12. The van der Waals surface area contributed by atoms with Gasteiger partial charge in [0.15, 0.2) is 17.2 Å². The van der Waals surface area contributed by atoms with Crippen LogP contribution >= 0.6 is 0 Å². The Labute approximate surface area is 187 Å². The van der Waals surface area contributed by atoms with Gasteiger partial charge in [-0.15, -0.1) is 0 Å². The van der Waals surface area contributed by atoms with E-state index >= 15 is 0 Å². The van der Waals surface area contributed by atoms with E-state index in [0.29, 0.717) is 34.1 Å². The Morgan fingerprint density at radius 3 is 1.78 bits per heavy atom. The predicted molar refractivity (Wildman–Crippen MR) is 127 cm³/mol. The molecule has 5 heteroatoms. The minimum absolute atomic E-state index is 0.0599. The summed E-state index contributed by atoms with van der Waals surface area (Å²) in [5, 5.41) is 32.0. The molecule has 0 unspecified atom stereocenters. The summed E-state index contributed by atoms with van der Waals surface area (Å²) in [6, 6.07) is 23.2. The van der Waals surface area contributed by atoms with Crippen molar-refractivity contribution in [3.8, 4) is 28.7 Å². The van der Waals surface area contributed by atoms with Gasteiger partial charge in [0.25, 0.3) is 0 Å². The summed E-state index contributed by atoms with van der Waals surface area (Å²) >= 11 is 0. The number of benzene rings is 4. The first-order valence-electron chi connectivity index (χ1n) is 10.3. The SMILES string of the molecule is Cc1ccc(O)c(N(c2cc(C)ccc2O)c2ccccc2Oc2cccc(C)c2O)c1. The van der Waals surface area contributed by atoms with Gasteiger partial charge < -0.3 is 20.1 Å². The summed E-state index contributed by atoms with van der Waals surface area (Å²) in [5.41, 5.74) is 4.18. The molecule has 0 bridgehead atoms. The van der Waals surface area contributed by atoms with Crippen LogP contribution < -0.4 is 9.64 Å². The van der Waals surface area contributed by atoms with Crippen molar-refractivity contribution in [2.45, 2.75) is 20.8 Å². The zero-order valence-electron chi connectivity index (χ0n) is 18.2. The van der Waals surface area contributed by atoms with Crippen molar-refractivity contribution in [3.05, 3.63) is 95.6 Å². The van der Waals surface area contributed by atoms with Gasteiger partial charge in [0, 0.05) is 0 Å². The van der Waals surface area contributed by atoms with Crippen molar-refractivity contribution in [3.63, 3.8) is 0 Å². The number of phenols is 3. The fourth-order valence-electron chi connectivity index (χ4n) is 3.58. The number of hydrogen-bond acceptors (Lipinski definition) is 5. The first-order valence-corrected chi connectivity index (χ1v) is 10.3. The highest BCUT2D eigenvalue weighted by atomic mass is 16.5. The molecule has 0 aromatic heterocycles. The van der Waals surface area contributed by atoms with Crippen molar-refractivity contribution in [2.24, 2.45) is 0 Å². The normalized spacial score (nSPS) is 10.7. The second kappa shape index (κ2) is 8.55. The molecule has 4 rings (SSSR count). The second-order valence-electron chi connectivity index (χ2n) is 7.81. The average molecular weight is 428 g/mol. The highest BCUT2D eigenvalue weighted by Gasteiger charge is 2.23. The lowest BCUT2D eigenvalue weighted by atomic mass is 10.1. The van der Waals surface area contributed by atoms with Crippen molar-refractivity contribution >= 4 is 17.1 Å². The highest BCUT2D eigenvalue weighted by Crippen LogP contribution is 2.48. The van der Waals surface area contributed by atoms with Gasteiger partial charge in [-0.3, -0.25) is 4.90 Å². The number of aromatic hydroxyl groups is 3. The lowest BCUT2D eigenvalue weighted by Crippen LogP contribution is -2.12. The van der Waals surface area contributed by atoms with Crippen molar-refractivity contribution in [1.29, 1.82) is 0 Å². The van der Waals surface area contributed by atoms with E-state index in [1.165, 1.54) is 0 Å². The van der Waals surface area contributed by atoms with Gasteiger partial charge >= 0.3 is 0 Å². The van der Waals surface area contributed by atoms with Gasteiger partial charge in [-0.05, 0) is 79.9 Å². The number of para-hydroxylation sites is 3. The molecular formula is C27H25NO4. The topological polar surface area (TPSA) is 73.2 Å². The number of ether oxygens (including phenoxy) is 1. The molecular weight excluding hydrogens is 402 g/mol. The van der Waals surface area contributed by atoms with E-state index in [9.17, 15) is 15.3 Å². The zero-order valence-corrected chi connectivity index (χ0v) is 18.2. The van der Waals surface area contributed by atoms with Gasteiger partial charge in [-0.2, -0.15) is 0 Å². The van der Waals surface area contributed by atoms with Crippen LogP contribution in [0.25, 0.3) is 0 Å². The third-order valence-electron chi connectivity index (χ3n) is 5.27. The van der Waals surface area contributed by atoms with Gasteiger partial charge in [0.2, 0.25) is 0 Å². The third-order valence-corrected chi connectivity index (χ3v) is 5.27. The van der Waals surface area contributed by atoms with Gasteiger partial charge in [0.05, 0.1) is 17.1 Å². The number of hydrogen-bond donors (Lipinski definition) is 3. The molecule has 0 radical (unpaired) electrons. The van der Waals surface area contributed by atoms with Crippen molar-refractivity contribution in [1.82, 2.24) is 0 Å². The molecule has 0 aliphatic heterocycles. The maximum atomic E-state index is 10.7. The standard InChI is InChI=1S/C27H25NO4/c1-17-11-13-23(29)21(15-17)28(22-16-18(2)12-14-24(22)30)20-8-4-5-9-25(20)32-26-10-6-7-19(3)27(26)31/h4-16,29-31H,1-3H3. The Bertz CT molecular complexity index is 1230. The van der Waals surface area contributed by atoms with Crippen LogP contribution in [0.5, 0.6) is 28.7 Å². The van der Waals surface area contributed by atoms with Crippen LogP contribution in [0.2, 0.25) is 0 Å². The summed E-state index contributed by atoms with van der Waals surface area (Å²) in [6.45, 7) is 5.67. The Kier molecular flexibility index (Phi) is 5.65. The van der Waals surface area contributed by atoms with Crippen LogP contribution in [0, 0.1) is 20.8 Å². The fraction of sp³-hybridized carbons (Fsp3) is 0.111. The molecule has 0 fully saturated rings. The van der Waals surface area contributed by atoms with E-state index < -0.39 is 0 Å². The van der Waals surface area contributed by atoms with E-state index in [2.05, 4.69) is 0 Å². The van der Waals surface area contributed by atoms with Crippen molar-refractivity contribution < 1.29 is 20.1 Å². The molecule has 0 aliphatic rings. The number of anilines is 3. The van der Waals surface area contributed by atoms with E-state index in [1.807, 2.05) is 62.4 Å². The molecule has 4 aromatic carbocycles. The fourth-order valence-corrected chi connectivity index (χ4v) is 3.58. The van der Waals surface area contributed by atoms with E-state index in [4.69, 9.17) is 4.74 Å². The molecule has 0 saturated heterocycles. The first-order chi connectivity index (χ1) is 15.3. The Morgan fingerprint density at radius 1 is 0.594 bits per heavy atom. The van der Waals surface area contributed by atoms with E-state index in [0.717, 1.165) is 11.1 Å². The van der Waals surface area contributed by atoms with Crippen LogP contribution in [0.15, 0.2) is 78.9 Å². The smallest absolute Gasteiger partial charge is 0.169 e. The molecule has 32 heavy (non-hydrogen) atoms. The van der Waals surface area contributed by atoms with Crippen LogP contribution in [0.4, 0.5) is 17.1 Å². The molecule has 5 nitrogen and oxygen atoms in total. The first kappa shape index (κ1) is 21.1. The average Bonchev–Trinajstić information content (AvgIpc) is 2.77. The zero-order chi connectivity index (χ0) is 22.8. The van der Waals surface area contributed by atoms with Gasteiger partial charge in [-0.25, -0.2) is 0 Å². The maximum absolute atomic E-state index is 10.7. The maximum Gasteiger partial charge on any atom is 0.169 e. The Balaban J connectivity index is 1.94. The van der Waals surface area contributed by atoms with Crippen LogP contribution in [0.3, 0.4) is 0 Å². The molecule has 4 aromatic rings. The molecule has 0 spiro atoms. The minimum Gasteiger partial charge on any atom is -0.506 e. The Morgan fingerprint density at radius 2 is 1.16 bits per heavy atom. The van der Waals surface area contributed by atoms with Gasteiger partial charge in [-0.1, -0.05) is 36.4 Å².